The smallest absolute Gasteiger partial charge is 0.142 e. The molecule has 68 valence electrons. The van der Waals surface area contributed by atoms with Gasteiger partial charge in [0, 0.05) is 6.07 Å². The molecular formula is C9H9ClN2O. The zero-order valence-corrected chi connectivity index (χ0v) is 8.17. The predicted molar refractivity (Wildman–Crippen MR) is 49.7 cm³/mol. The molecule has 0 aliphatic heterocycles. The number of nitrogens with zero attached hydrogens (tertiary/aromatic N) is 2. The van der Waals surface area contributed by atoms with Crippen LogP contribution in [0.3, 0.4) is 0 Å². The lowest BCUT2D eigenvalue weighted by Crippen LogP contribution is -2.07. The maximum atomic E-state index is 8.71. The van der Waals surface area contributed by atoms with Crippen LogP contribution in [0.2, 0.25) is 5.15 Å². The molecule has 13 heavy (non-hydrogen) atoms. The number of hydrogen-bond acceptors (Lipinski definition) is 3. The van der Waals surface area contributed by atoms with Gasteiger partial charge in [-0.1, -0.05) is 11.6 Å². The molecule has 0 amide bonds. The molecule has 0 aromatic carbocycles. The lowest BCUT2D eigenvalue weighted by Gasteiger charge is -2.10. The van der Waals surface area contributed by atoms with Crippen LogP contribution >= 0.6 is 11.6 Å². The zero-order valence-electron chi connectivity index (χ0n) is 7.41. The minimum Gasteiger partial charge on any atom is -0.489 e. The van der Waals surface area contributed by atoms with E-state index in [0.717, 1.165) is 0 Å². The highest BCUT2D eigenvalue weighted by Gasteiger charge is 2.06. The number of aromatic nitrogens is 1. The first-order chi connectivity index (χ1) is 6.13. The molecule has 0 unspecified atom stereocenters. The van der Waals surface area contributed by atoms with E-state index in [4.69, 9.17) is 21.6 Å². The number of halogens is 1. The van der Waals surface area contributed by atoms with E-state index < -0.39 is 0 Å². The zero-order chi connectivity index (χ0) is 9.84. The third-order valence-corrected chi connectivity index (χ3v) is 1.52. The van der Waals surface area contributed by atoms with Crippen molar-refractivity contribution in [1.82, 2.24) is 4.98 Å². The van der Waals surface area contributed by atoms with Crippen LogP contribution in [0, 0.1) is 11.3 Å². The summed E-state index contributed by atoms with van der Waals surface area (Å²) in [6, 6.07) is 3.52. The van der Waals surface area contributed by atoms with E-state index in [9.17, 15) is 0 Å². The van der Waals surface area contributed by atoms with E-state index in [-0.39, 0.29) is 6.10 Å². The van der Waals surface area contributed by atoms with Crippen LogP contribution in [-0.2, 0) is 0 Å². The quantitative estimate of drug-likeness (QED) is 0.683. The Hall–Kier alpha value is -1.27. The van der Waals surface area contributed by atoms with Crippen LogP contribution in [0.4, 0.5) is 0 Å². The molecule has 0 bridgehead atoms. The third-order valence-electron chi connectivity index (χ3n) is 1.32. The Morgan fingerprint density at radius 2 is 2.31 bits per heavy atom. The molecule has 1 rings (SSSR count). The summed E-state index contributed by atoms with van der Waals surface area (Å²) in [6.45, 7) is 3.77. The molecule has 0 radical (unpaired) electrons. The van der Waals surface area contributed by atoms with Gasteiger partial charge in [0.25, 0.3) is 0 Å². The van der Waals surface area contributed by atoms with Gasteiger partial charge in [-0.15, -0.1) is 0 Å². The number of pyridine rings is 1. The van der Waals surface area contributed by atoms with Crippen molar-refractivity contribution in [2.45, 2.75) is 20.0 Å². The highest BCUT2D eigenvalue weighted by Crippen LogP contribution is 2.21. The Morgan fingerprint density at radius 1 is 1.62 bits per heavy atom. The van der Waals surface area contributed by atoms with Gasteiger partial charge in [-0.25, -0.2) is 4.98 Å². The summed E-state index contributed by atoms with van der Waals surface area (Å²) in [5.41, 5.74) is 0.401. The second-order valence-electron chi connectivity index (χ2n) is 2.78. The second-order valence-corrected chi connectivity index (χ2v) is 3.17. The van der Waals surface area contributed by atoms with Gasteiger partial charge in [-0.2, -0.15) is 5.26 Å². The van der Waals surface area contributed by atoms with Gasteiger partial charge in [-0.3, -0.25) is 0 Å². The fourth-order valence-electron chi connectivity index (χ4n) is 0.848. The third kappa shape index (κ3) is 2.60. The number of hydrogen-bond donors (Lipinski definition) is 0. The van der Waals surface area contributed by atoms with Gasteiger partial charge in [0.1, 0.15) is 22.5 Å². The van der Waals surface area contributed by atoms with Crippen molar-refractivity contribution < 1.29 is 4.74 Å². The molecule has 4 heteroatoms. The summed E-state index contributed by atoms with van der Waals surface area (Å²) in [7, 11) is 0. The number of nitriles is 1. The van der Waals surface area contributed by atoms with Crippen LogP contribution in [0.5, 0.6) is 5.75 Å². The summed E-state index contributed by atoms with van der Waals surface area (Å²) in [5.74, 6) is 0.484. The highest BCUT2D eigenvalue weighted by atomic mass is 35.5. The van der Waals surface area contributed by atoms with E-state index in [2.05, 4.69) is 4.98 Å². The number of ether oxygens (including phenoxy) is 1. The molecule has 3 nitrogen and oxygen atoms in total. The van der Waals surface area contributed by atoms with Gasteiger partial charge >= 0.3 is 0 Å². The molecular weight excluding hydrogens is 188 g/mol. The van der Waals surface area contributed by atoms with E-state index >= 15 is 0 Å². The van der Waals surface area contributed by atoms with Crippen molar-refractivity contribution >= 4 is 11.6 Å². The first-order valence-electron chi connectivity index (χ1n) is 3.85. The van der Waals surface area contributed by atoms with E-state index in [0.29, 0.717) is 16.5 Å². The monoisotopic (exact) mass is 196 g/mol. The van der Waals surface area contributed by atoms with E-state index in [1.807, 2.05) is 19.9 Å². The molecule has 0 spiro atoms. The molecule has 1 aromatic heterocycles. The molecule has 0 saturated carbocycles. The molecule has 0 N–H and O–H groups in total. The highest BCUT2D eigenvalue weighted by molar-refractivity contribution is 6.29. The molecule has 0 fully saturated rings. The Kier molecular flexibility index (Phi) is 3.10. The van der Waals surface area contributed by atoms with Gasteiger partial charge in [-0.05, 0) is 13.8 Å². The summed E-state index contributed by atoms with van der Waals surface area (Å²) >= 11 is 5.66. The first-order valence-corrected chi connectivity index (χ1v) is 4.23. The fourth-order valence-corrected chi connectivity index (χ4v) is 0.996. The molecule has 0 aliphatic rings. The van der Waals surface area contributed by atoms with Crippen LogP contribution in [0.1, 0.15) is 19.4 Å². The van der Waals surface area contributed by atoms with Crippen molar-refractivity contribution in [2.75, 3.05) is 0 Å². The topological polar surface area (TPSA) is 45.9 Å². The summed E-state index contributed by atoms with van der Waals surface area (Å²) in [5, 5.41) is 9.04. The largest absolute Gasteiger partial charge is 0.489 e. The normalized spacial score (nSPS) is 9.77. The van der Waals surface area contributed by atoms with Crippen molar-refractivity contribution in [3.05, 3.63) is 23.0 Å². The lowest BCUT2D eigenvalue weighted by molar-refractivity contribution is 0.241. The molecule has 1 heterocycles. The van der Waals surface area contributed by atoms with Crippen LogP contribution < -0.4 is 4.74 Å². The Labute approximate surface area is 81.9 Å². The van der Waals surface area contributed by atoms with Crippen molar-refractivity contribution in [3.63, 3.8) is 0 Å². The average Bonchev–Trinajstić information content (AvgIpc) is 2.03. The Bertz CT molecular complexity index is 344. The Morgan fingerprint density at radius 3 is 2.85 bits per heavy atom. The summed E-state index contributed by atoms with van der Waals surface area (Å²) in [4.78, 5) is 3.78. The average molecular weight is 197 g/mol. The second kappa shape index (κ2) is 4.11. The van der Waals surface area contributed by atoms with Gasteiger partial charge < -0.3 is 4.74 Å². The van der Waals surface area contributed by atoms with Crippen molar-refractivity contribution in [2.24, 2.45) is 0 Å². The summed E-state index contributed by atoms with van der Waals surface area (Å²) in [6.07, 6.45) is 1.42. The van der Waals surface area contributed by atoms with Gasteiger partial charge in [0.05, 0.1) is 12.3 Å². The van der Waals surface area contributed by atoms with Gasteiger partial charge in [0.2, 0.25) is 0 Å². The molecule has 0 saturated heterocycles. The van der Waals surface area contributed by atoms with Crippen LogP contribution in [0.25, 0.3) is 0 Å². The number of rotatable bonds is 2. The molecule has 1 aromatic rings. The Balaban J connectivity index is 3.03. The summed E-state index contributed by atoms with van der Waals surface area (Å²) < 4.78 is 5.37. The maximum Gasteiger partial charge on any atom is 0.142 e. The predicted octanol–water partition coefficient (Wildman–Crippen LogP) is 2.39. The van der Waals surface area contributed by atoms with Crippen LogP contribution in [0.15, 0.2) is 12.3 Å². The minimum atomic E-state index is 0.0190. The first kappa shape index (κ1) is 9.82. The van der Waals surface area contributed by atoms with Gasteiger partial charge in [0.15, 0.2) is 0 Å². The standard InChI is InChI=1S/C9H9ClN2O/c1-6(2)13-8-3-9(10)12-5-7(8)4-11/h3,5-6H,1-2H3. The van der Waals surface area contributed by atoms with Crippen molar-refractivity contribution in [3.8, 4) is 11.8 Å². The minimum absolute atomic E-state index is 0.0190. The van der Waals surface area contributed by atoms with E-state index in [1.54, 1.807) is 6.07 Å². The van der Waals surface area contributed by atoms with Crippen molar-refractivity contribution in [1.29, 1.82) is 5.26 Å². The SMILES string of the molecule is CC(C)Oc1cc(Cl)ncc1C#N. The lowest BCUT2D eigenvalue weighted by atomic mass is 10.3. The molecule has 0 atom stereocenters. The maximum absolute atomic E-state index is 8.71. The van der Waals surface area contributed by atoms with E-state index in [1.165, 1.54) is 6.20 Å². The van der Waals surface area contributed by atoms with Crippen LogP contribution in [-0.4, -0.2) is 11.1 Å². The fraction of sp³-hybridized carbons (Fsp3) is 0.333. The molecule has 0 aliphatic carbocycles.